The molecule has 134 valence electrons. The summed E-state index contributed by atoms with van der Waals surface area (Å²) in [5.41, 5.74) is 2.28. The van der Waals surface area contributed by atoms with Crippen LogP contribution in [0.15, 0.2) is 17.8 Å². The summed E-state index contributed by atoms with van der Waals surface area (Å²) in [6.45, 7) is 8.74. The number of thiazole rings is 1. The number of morpholine rings is 1. The molecule has 0 bridgehead atoms. The molecule has 2 saturated heterocycles. The molecule has 2 aromatic rings. The van der Waals surface area contributed by atoms with Crippen LogP contribution in [-0.4, -0.2) is 58.2 Å². The summed E-state index contributed by atoms with van der Waals surface area (Å²) in [6, 6.07) is 0.450. The number of anilines is 1. The van der Waals surface area contributed by atoms with Crippen molar-refractivity contribution in [2.45, 2.75) is 45.4 Å². The van der Waals surface area contributed by atoms with Gasteiger partial charge < -0.3 is 9.64 Å². The molecule has 4 rings (SSSR count). The van der Waals surface area contributed by atoms with Gasteiger partial charge in [0.1, 0.15) is 0 Å². The van der Waals surface area contributed by atoms with Crippen molar-refractivity contribution in [1.82, 2.24) is 19.9 Å². The van der Waals surface area contributed by atoms with E-state index < -0.39 is 0 Å². The summed E-state index contributed by atoms with van der Waals surface area (Å²) >= 11 is 1.73. The molecule has 0 aliphatic carbocycles. The molecule has 0 amide bonds. The summed E-state index contributed by atoms with van der Waals surface area (Å²) in [4.78, 5) is 18.5. The van der Waals surface area contributed by atoms with Crippen LogP contribution in [0.5, 0.6) is 0 Å². The van der Waals surface area contributed by atoms with E-state index in [1.807, 2.05) is 19.3 Å². The summed E-state index contributed by atoms with van der Waals surface area (Å²) in [5.74, 6) is 0.839. The summed E-state index contributed by atoms with van der Waals surface area (Å²) < 4.78 is 6.11. The lowest BCUT2D eigenvalue weighted by Crippen LogP contribution is -2.50. The number of aryl methyl sites for hydroxylation is 2. The SMILES string of the molecule is Cc1cnc(N2CCC3OCCN(Cc4csc(C)n4)C3CC2)nc1. The van der Waals surface area contributed by atoms with E-state index >= 15 is 0 Å². The van der Waals surface area contributed by atoms with Crippen LogP contribution in [0.1, 0.15) is 29.1 Å². The summed E-state index contributed by atoms with van der Waals surface area (Å²) in [6.07, 6.45) is 6.19. The fraction of sp³-hybridized carbons (Fsp3) is 0.611. The Morgan fingerprint density at radius 1 is 1.16 bits per heavy atom. The van der Waals surface area contributed by atoms with Crippen molar-refractivity contribution in [3.8, 4) is 0 Å². The molecule has 7 heteroatoms. The first-order valence-corrected chi connectivity index (χ1v) is 9.87. The number of ether oxygens (including phenoxy) is 1. The Bertz CT molecular complexity index is 704. The van der Waals surface area contributed by atoms with Crippen LogP contribution in [-0.2, 0) is 11.3 Å². The Morgan fingerprint density at radius 3 is 2.72 bits per heavy atom. The third-order valence-electron chi connectivity index (χ3n) is 5.07. The van der Waals surface area contributed by atoms with Gasteiger partial charge in [-0.25, -0.2) is 15.0 Å². The van der Waals surface area contributed by atoms with E-state index in [1.54, 1.807) is 11.3 Å². The van der Waals surface area contributed by atoms with Crippen molar-refractivity contribution in [3.05, 3.63) is 34.0 Å². The van der Waals surface area contributed by atoms with Gasteiger partial charge in [0.25, 0.3) is 0 Å². The van der Waals surface area contributed by atoms with Crippen molar-refractivity contribution in [3.63, 3.8) is 0 Å². The lowest BCUT2D eigenvalue weighted by Gasteiger charge is -2.40. The Morgan fingerprint density at radius 2 is 1.96 bits per heavy atom. The Hall–Kier alpha value is -1.57. The number of nitrogens with zero attached hydrogens (tertiary/aromatic N) is 5. The topological polar surface area (TPSA) is 54.4 Å². The third kappa shape index (κ3) is 3.83. The van der Waals surface area contributed by atoms with Gasteiger partial charge in [0, 0.05) is 50.0 Å². The molecule has 0 saturated carbocycles. The number of aromatic nitrogens is 3. The number of fused-ring (bicyclic) bond motifs is 1. The monoisotopic (exact) mass is 359 g/mol. The Balaban J connectivity index is 1.46. The van der Waals surface area contributed by atoms with E-state index in [0.717, 1.165) is 62.1 Å². The largest absolute Gasteiger partial charge is 0.375 e. The summed E-state index contributed by atoms with van der Waals surface area (Å²) in [5, 5.41) is 3.33. The van der Waals surface area contributed by atoms with Crippen molar-refractivity contribution >= 4 is 17.3 Å². The zero-order chi connectivity index (χ0) is 17.2. The molecular weight excluding hydrogens is 334 g/mol. The van der Waals surface area contributed by atoms with Gasteiger partial charge in [-0.15, -0.1) is 11.3 Å². The number of rotatable bonds is 3. The average molecular weight is 359 g/mol. The molecule has 0 spiro atoms. The normalized spacial score (nSPS) is 24.8. The minimum absolute atomic E-state index is 0.295. The van der Waals surface area contributed by atoms with E-state index in [1.165, 1.54) is 5.69 Å². The van der Waals surface area contributed by atoms with Crippen LogP contribution in [0, 0.1) is 13.8 Å². The maximum atomic E-state index is 6.11. The van der Waals surface area contributed by atoms with Crippen LogP contribution in [0.2, 0.25) is 0 Å². The van der Waals surface area contributed by atoms with Crippen LogP contribution in [0.4, 0.5) is 5.95 Å². The minimum atomic E-state index is 0.295. The quantitative estimate of drug-likeness (QED) is 0.839. The van der Waals surface area contributed by atoms with E-state index in [0.29, 0.717) is 12.1 Å². The first-order chi connectivity index (χ1) is 12.2. The molecule has 2 fully saturated rings. The summed E-state index contributed by atoms with van der Waals surface area (Å²) in [7, 11) is 0. The second-order valence-electron chi connectivity index (χ2n) is 6.93. The van der Waals surface area contributed by atoms with Gasteiger partial charge in [0.15, 0.2) is 0 Å². The van der Waals surface area contributed by atoms with Crippen LogP contribution >= 0.6 is 11.3 Å². The predicted molar refractivity (Wildman–Crippen MR) is 99.0 cm³/mol. The molecule has 2 unspecified atom stereocenters. The van der Waals surface area contributed by atoms with Crippen molar-refractivity contribution < 1.29 is 4.74 Å². The van der Waals surface area contributed by atoms with E-state index in [-0.39, 0.29) is 0 Å². The van der Waals surface area contributed by atoms with Crippen LogP contribution < -0.4 is 4.90 Å². The van der Waals surface area contributed by atoms with E-state index in [2.05, 4.69) is 37.1 Å². The molecule has 0 aromatic carbocycles. The highest BCUT2D eigenvalue weighted by atomic mass is 32.1. The minimum Gasteiger partial charge on any atom is -0.375 e. The van der Waals surface area contributed by atoms with Crippen molar-refractivity contribution in [1.29, 1.82) is 0 Å². The zero-order valence-corrected chi connectivity index (χ0v) is 15.7. The fourth-order valence-electron chi connectivity index (χ4n) is 3.79. The third-order valence-corrected chi connectivity index (χ3v) is 5.89. The van der Waals surface area contributed by atoms with Gasteiger partial charge in [-0.05, 0) is 32.3 Å². The van der Waals surface area contributed by atoms with Crippen LogP contribution in [0.25, 0.3) is 0 Å². The van der Waals surface area contributed by atoms with Crippen molar-refractivity contribution in [2.24, 2.45) is 0 Å². The lowest BCUT2D eigenvalue weighted by molar-refractivity contribution is -0.0749. The van der Waals surface area contributed by atoms with Gasteiger partial charge >= 0.3 is 0 Å². The Kier molecular flexibility index (Phi) is 4.96. The van der Waals surface area contributed by atoms with Gasteiger partial charge in [0.2, 0.25) is 5.95 Å². The smallest absolute Gasteiger partial charge is 0.225 e. The molecule has 0 N–H and O–H groups in total. The number of hydrogen-bond donors (Lipinski definition) is 0. The molecular formula is C18H25N5OS. The van der Waals surface area contributed by atoms with Gasteiger partial charge in [-0.2, -0.15) is 0 Å². The maximum Gasteiger partial charge on any atom is 0.225 e. The molecule has 2 aliphatic rings. The molecule has 25 heavy (non-hydrogen) atoms. The maximum absolute atomic E-state index is 6.11. The van der Waals surface area contributed by atoms with E-state index in [4.69, 9.17) is 4.74 Å². The number of hydrogen-bond acceptors (Lipinski definition) is 7. The van der Waals surface area contributed by atoms with Gasteiger partial charge in [-0.1, -0.05) is 0 Å². The highest BCUT2D eigenvalue weighted by Crippen LogP contribution is 2.26. The predicted octanol–water partition coefficient (Wildman–Crippen LogP) is 2.42. The van der Waals surface area contributed by atoms with E-state index in [9.17, 15) is 0 Å². The molecule has 2 aromatic heterocycles. The van der Waals surface area contributed by atoms with Crippen molar-refractivity contribution in [2.75, 3.05) is 31.1 Å². The highest BCUT2D eigenvalue weighted by molar-refractivity contribution is 7.09. The molecule has 2 atom stereocenters. The fourth-order valence-corrected chi connectivity index (χ4v) is 4.40. The lowest BCUT2D eigenvalue weighted by atomic mass is 10.0. The molecule has 0 radical (unpaired) electrons. The standard InChI is InChI=1S/C18H25N5OS/c1-13-9-19-18(20-10-13)22-5-3-16-17(4-6-22)24-8-7-23(16)11-15-12-25-14(2)21-15/h9-10,12,16-17H,3-8,11H2,1-2H3. The average Bonchev–Trinajstić information content (AvgIpc) is 2.90. The molecule has 6 nitrogen and oxygen atoms in total. The highest BCUT2D eigenvalue weighted by Gasteiger charge is 2.35. The van der Waals surface area contributed by atoms with Crippen LogP contribution in [0.3, 0.4) is 0 Å². The Labute approximate surface area is 152 Å². The zero-order valence-electron chi connectivity index (χ0n) is 14.9. The van der Waals surface area contributed by atoms with Gasteiger partial charge in [0.05, 0.1) is 23.4 Å². The second kappa shape index (κ2) is 7.35. The first-order valence-electron chi connectivity index (χ1n) is 8.99. The first kappa shape index (κ1) is 16.9. The molecule has 2 aliphatic heterocycles. The van der Waals surface area contributed by atoms with Gasteiger partial charge in [-0.3, -0.25) is 4.90 Å². The second-order valence-corrected chi connectivity index (χ2v) is 7.99. The molecule has 4 heterocycles.